The molecule has 1 aliphatic rings. The first-order valence-corrected chi connectivity index (χ1v) is 12.5. The molecular weight excluding hydrogens is 608 g/mol. The Labute approximate surface area is 245 Å². The number of halogens is 6. The van der Waals surface area contributed by atoms with E-state index in [9.17, 15) is 45.8 Å². The molecule has 0 atom stereocenters. The van der Waals surface area contributed by atoms with Gasteiger partial charge in [0.05, 0.1) is 5.56 Å². The van der Waals surface area contributed by atoms with E-state index in [0.717, 1.165) is 12.8 Å². The van der Waals surface area contributed by atoms with Gasteiger partial charge in [-0.25, -0.2) is 4.79 Å². The van der Waals surface area contributed by atoms with E-state index in [1.807, 2.05) is 4.90 Å². The normalized spacial score (nSPS) is 13.6. The molecule has 0 radical (unpaired) electrons. The van der Waals surface area contributed by atoms with Gasteiger partial charge in [0.15, 0.2) is 17.5 Å². The molecule has 0 aromatic heterocycles. The summed E-state index contributed by atoms with van der Waals surface area (Å²) >= 11 is 0. The number of ketones is 2. The van der Waals surface area contributed by atoms with Crippen LogP contribution in [0.5, 0.6) is 17.2 Å². The monoisotopic (exact) mass is 635 g/mol. The van der Waals surface area contributed by atoms with E-state index in [2.05, 4.69) is 0 Å². The van der Waals surface area contributed by atoms with Crippen LogP contribution in [0.1, 0.15) is 28.8 Å². The van der Waals surface area contributed by atoms with Crippen molar-refractivity contribution < 1.29 is 60.0 Å². The number of nitrogen functional groups attached to an aromatic ring is 1. The Morgan fingerprint density at radius 2 is 1.39 bits per heavy atom. The van der Waals surface area contributed by atoms with Gasteiger partial charge in [-0.1, -0.05) is 0 Å². The Morgan fingerprint density at radius 3 is 1.86 bits per heavy atom. The molecule has 0 aliphatic carbocycles. The molecule has 0 spiro atoms. The highest BCUT2D eigenvalue weighted by molar-refractivity contribution is 6.41. The minimum atomic E-state index is -5.77. The molecule has 0 unspecified atom stereocenters. The zero-order chi connectivity index (χ0) is 33.2. The number of amidine groups is 1. The number of guanidine groups is 1. The Morgan fingerprint density at radius 1 is 0.864 bits per heavy atom. The molecule has 0 saturated carbocycles. The molecule has 1 saturated heterocycles. The van der Waals surface area contributed by atoms with Gasteiger partial charge in [-0.2, -0.15) is 26.3 Å². The van der Waals surface area contributed by atoms with Crippen LogP contribution in [0.2, 0.25) is 0 Å². The molecule has 0 amide bonds. The van der Waals surface area contributed by atoms with Gasteiger partial charge in [-0.15, -0.1) is 0 Å². The predicted octanol–water partition coefficient (Wildman–Crippen LogP) is 2.90. The summed E-state index contributed by atoms with van der Waals surface area (Å²) in [6.45, 7) is 1.38. The molecule has 2 aromatic carbocycles. The number of phenolic OH excluding ortho intramolecular Hbond substituents is 1. The molecule has 1 fully saturated rings. The number of nitrogens with zero attached hydrogens (tertiary/aromatic N) is 1. The molecule has 1 aliphatic heterocycles. The lowest BCUT2D eigenvalue weighted by Crippen LogP contribution is -2.44. The second-order valence-electron chi connectivity index (χ2n) is 8.95. The molecular formula is C26H27F6N5O7. The van der Waals surface area contributed by atoms with Crippen molar-refractivity contribution in [1.82, 2.24) is 4.90 Å². The van der Waals surface area contributed by atoms with Gasteiger partial charge in [0.1, 0.15) is 30.9 Å². The maximum absolute atomic E-state index is 12.2. The number of benzene rings is 2. The van der Waals surface area contributed by atoms with Crippen LogP contribution in [0, 0.1) is 10.8 Å². The first-order valence-electron chi connectivity index (χ1n) is 12.5. The molecule has 12 nitrogen and oxygen atoms in total. The lowest BCUT2D eigenvalue weighted by molar-refractivity contribution is -0.193. The summed E-state index contributed by atoms with van der Waals surface area (Å²) in [7, 11) is 0. The molecule has 240 valence electrons. The van der Waals surface area contributed by atoms with Crippen LogP contribution in [0.15, 0.2) is 42.5 Å². The van der Waals surface area contributed by atoms with E-state index in [-0.39, 0.29) is 42.6 Å². The summed E-state index contributed by atoms with van der Waals surface area (Å²) < 4.78 is 83.5. The maximum Gasteiger partial charge on any atom is 0.458 e. The van der Waals surface area contributed by atoms with Crippen molar-refractivity contribution in [3.63, 3.8) is 0 Å². The highest BCUT2D eigenvalue weighted by atomic mass is 19.4. The van der Waals surface area contributed by atoms with Crippen molar-refractivity contribution in [2.75, 3.05) is 26.3 Å². The highest BCUT2D eigenvalue weighted by Crippen LogP contribution is 2.27. The van der Waals surface area contributed by atoms with E-state index in [0.29, 0.717) is 30.0 Å². The number of aromatic hydroxyl groups is 1. The number of alkyl halides is 6. The van der Waals surface area contributed by atoms with Crippen molar-refractivity contribution >= 4 is 29.3 Å². The number of ether oxygens (including phenoxy) is 3. The fraction of sp³-hybridized carbons (Fsp3) is 0.346. The second-order valence-corrected chi connectivity index (χ2v) is 8.95. The lowest BCUT2D eigenvalue weighted by atomic mass is 10.1. The number of hydrogen-bond acceptors (Lipinski definition) is 9. The van der Waals surface area contributed by atoms with Crippen LogP contribution < -0.4 is 20.9 Å². The Balaban J connectivity index is 0.000000477. The third-order valence-electron chi connectivity index (χ3n) is 5.74. The van der Waals surface area contributed by atoms with Crippen molar-refractivity contribution in [3.05, 3.63) is 53.6 Å². The van der Waals surface area contributed by atoms with E-state index >= 15 is 0 Å². The number of carbonyl (C=O) groups excluding carboxylic acids is 3. The number of hydrogen-bond donors (Lipinski definition) is 5. The maximum atomic E-state index is 12.2. The fourth-order valence-corrected chi connectivity index (χ4v) is 3.50. The number of phenols is 1. The SMILES string of the molecule is N=C(N)c1ccc(O)c(OCCOC(=O)c2ccc(OC3CCN(C(=N)N)CC3)cc2)c1.O=C(C(=O)C(F)(F)F)C(F)(F)F. The number of piperidine rings is 1. The Kier molecular flexibility index (Phi) is 11.9. The van der Waals surface area contributed by atoms with Crippen molar-refractivity contribution in [2.24, 2.45) is 11.5 Å². The van der Waals surface area contributed by atoms with E-state index in [4.69, 9.17) is 36.5 Å². The molecule has 1 heterocycles. The number of Topliss-reactive ketones (excluding diaryl/α,β-unsaturated/α-hetero) is 2. The standard InChI is InChI=1S/C22H27N5O5.C4F6O2/c23-20(24)15-3-6-18(28)19(13-15)30-11-12-31-21(29)14-1-4-16(5-2-14)32-17-7-9-27(10-8-17)22(25)26;5-3(6,7)1(11)2(12)4(8,9)10/h1-6,13,17,28H,7-12H2,(H3,23,24)(H3,25,26);. The van der Waals surface area contributed by atoms with Crippen LogP contribution in [0.25, 0.3) is 0 Å². The molecule has 7 N–H and O–H groups in total. The van der Waals surface area contributed by atoms with E-state index in [1.54, 1.807) is 24.3 Å². The van der Waals surface area contributed by atoms with Gasteiger partial charge in [0.2, 0.25) is 0 Å². The van der Waals surface area contributed by atoms with Gasteiger partial charge in [0, 0.05) is 31.5 Å². The molecule has 3 rings (SSSR count). The van der Waals surface area contributed by atoms with Gasteiger partial charge in [0.25, 0.3) is 0 Å². The quantitative estimate of drug-likeness (QED) is 0.0681. The zero-order valence-electron chi connectivity index (χ0n) is 22.6. The third kappa shape index (κ3) is 10.7. The van der Waals surface area contributed by atoms with E-state index < -0.39 is 29.9 Å². The minimum Gasteiger partial charge on any atom is -0.504 e. The Hall–Kier alpha value is -5.03. The van der Waals surface area contributed by atoms with Gasteiger partial charge < -0.3 is 35.7 Å². The number of esters is 1. The second kappa shape index (κ2) is 14.9. The lowest BCUT2D eigenvalue weighted by Gasteiger charge is -2.32. The smallest absolute Gasteiger partial charge is 0.458 e. The predicted molar refractivity (Wildman–Crippen MR) is 141 cm³/mol. The fourth-order valence-electron chi connectivity index (χ4n) is 3.50. The van der Waals surface area contributed by atoms with Gasteiger partial charge in [-0.3, -0.25) is 20.4 Å². The van der Waals surface area contributed by atoms with Crippen LogP contribution in [-0.4, -0.2) is 84.1 Å². The van der Waals surface area contributed by atoms with E-state index in [1.165, 1.54) is 18.2 Å². The minimum absolute atomic E-state index is 0.0183. The van der Waals surface area contributed by atoms with Crippen molar-refractivity contribution in [3.8, 4) is 17.2 Å². The average Bonchev–Trinajstić information content (AvgIpc) is 2.95. The number of rotatable bonds is 9. The largest absolute Gasteiger partial charge is 0.504 e. The third-order valence-corrected chi connectivity index (χ3v) is 5.74. The summed E-state index contributed by atoms with van der Waals surface area (Å²) in [5.41, 5.74) is 11.7. The Bertz CT molecular complexity index is 1330. The highest BCUT2D eigenvalue weighted by Gasteiger charge is 2.54. The molecule has 0 bridgehead atoms. The zero-order valence-corrected chi connectivity index (χ0v) is 22.6. The van der Waals surface area contributed by atoms with Crippen LogP contribution in [-0.2, 0) is 14.3 Å². The summed E-state index contributed by atoms with van der Waals surface area (Å²) in [5, 5.41) is 24.7. The summed E-state index contributed by atoms with van der Waals surface area (Å²) in [4.78, 5) is 33.3. The van der Waals surface area contributed by atoms with Gasteiger partial charge >= 0.3 is 29.9 Å². The number of carbonyl (C=O) groups is 3. The topological polar surface area (TPSA) is 202 Å². The first kappa shape index (κ1) is 35.2. The number of likely N-dealkylation sites (tertiary alicyclic amines) is 1. The van der Waals surface area contributed by atoms with Crippen LogP contribution in [0.4, 0.5) is 26.3 Å². The number of nitrogens with two attached hydrogens (primary N) is 2. The van der Waals surface area contributed by atoms with Crippen molar-refractivity contribution in [2.45, 2.75) is 31.3 Å². The number of nitrogens with one attached hydrogen (secondary N) is 2. The summed E-state index contributed by atoms with van der Waals surface area (Å²) in [5.74, 6) is -6.66. The average molecular weight is 636 g/mol. The summed E-state index contributed by atoms with van der Waals surface area (Å²) in [6.07, 6.45) is -9.96. The molecule has 44 heavy (non-hydrogen) atoms. The van der Waals surface area contributed by atoms with Crippen molar-refractivity contribution in [1.29, 1.82) is 10.8 Å². The molecule has 2 aromatic rings. The van der Waals surface area contributed by atoms with Gasteiger partial charge in [-0.05, 0) is 42.5 Å². The van der Waals surface area contributed by atoms with Crippen LogP contribution in [0.3, 0.4) is 0 Å². The summed E-state index contributed by atoms with van der Waals surface area (Å²) in [6, 6.07) is 11.0. The van der Waals surface area contributed by atoms with Crippen LogP contribution >= 0.6 is 0 Å². The molecule has 18 heteroatoms. The first-order chi connectivity index (χ1) is 20.4.